The lowest BCUT2D eigenvalue weighted by atomic mass is 10.0. The van der Waals surface area contributed by atoms with Gasteiger partial charge in [-0.15, -0.1) is 0 Å². The molecule has 1 N–H and O–H groups in total. The molecule has 94 valence electrons. The largest absolute Gasteiger partial charge is 0.480 e. The fourth-order valence-electron chi connectivity index (χ4n) is 1.68. The molecule has 1 atom stereocenters. The molecule has 1 heterocycles. The molecule has 1 unspecified atom stereocenters. The van der Waals surface area contributed by atoms with E-state index in [1.807, 2.05) is 13.0 Å². The van der Waals surface area contributed by atoms with Crippen molar-refractivity contribution in [2.75, 3.05) is 7.11 Å². The maximum atomic E-state index is 10.3. The zero-order valence-electron chi connectivity index (χ0n) is 10.1. The molecule has 0 bridgehead atoms. The summed E-state index contributed by atoms with van der Waals surface area (Å²) in [6.07, 6.45) is 2.15. The second-order valence-electron chi connectivity index (χ2n) is 3.86. The monoisotopic (exact) mass is 264 g/mol. The maximum absolute atomic E-state index is 10.3. The first-order chi connectivity index (χ1) is 8.63. The van der Waals surface area contributed by atoms with Gasteiger partial charge in [0.2, 0.25) is 5.88 Å². The lowest BCUT2D eigenvalue weighted by Gasteiger charge is -2.13. The van der Waals surface area contributed by atoms with E-state index in [4.69, 9.17) is 16.3 Å². The van der Waals surface area contributed by atoms with E-state index >= 15 is 0 Å². The van der Waals surface area contributed by atoms with Gasteiger partial charge in [0.15, 0.2) is 0 Å². The van der Waals surface area contributed by atoms with E-state index in [-0.39, 0.29) is 0 Å². The molecule has 0 fully saturated rings. The molecular formula is C13H13ClN2O2. The van der Waals surface area contributed by atoms with E-state index in [0.717, 1.165) is 5.56 Å². The smallest absolute Gasteiger partial charge is 0.238 e. The van der Waals surface area contributed by atoms with E-state index in [1.54, 1.807) is 12.1 Å². The highest BCUT2D eigenvalue weighted by Gasteiger charge is 2.18. The molecule has 0 spiro atoms. The number of hydrogen-bond donors (Lipinski definition) is 1. The van der Waals surface area contributed by atoms with Crippen LogP contribution in [0.15, 0.2) is 30.6 Å². The van der Waals surface area contributed by atoms with Gasteiger partial charge in [-0.2, -0.15) is 0 Å². The quantitative estimate of drug-likeness (QED) is 0.926. The Balaban J connectivity index is 2.41. The number of aliphatic hydroxyl groups excluding tert-OH is 1. The highest BCUT2D eigenvalue weighted by molar-refractivity contribution is 6.31. The molecule has 1 aromatic carbocycles. The standard InChI is InChI=1S/C13H13ClN2O2/c1-8-7-9(3-4-10(8)14)12(17)11-13(18-2)16-6-5-15-11/h3-7,12,17H,1-2H3. The van der Waals surface area contributed by atoms with Crippen LogP contribution in [0.5, 0.6) is 5.88 Å². The average molecular weight is 265 g/mol. The predicted octanol–water partition coefficient (Wildman–Crippen LogP) is 2.53. The summed E-state index contributed by atoms with van der Waals surface area (Å²) in [4.78, 5) is 8.12. The fraction of sp³-hybridized carbons (Fsp3) is 0.231. The maximum Gasteiger partial charge on any atom is 0.238 e. The summed E-state index contributed by atoms with van der Waals surface area (Å²) in [5.74, 6) is 0.317. The Hall–Kier alpha value is -1.65. The lowest BCUT2D eigenvalue weighted by molar-refractivity contribution is 0.207. The van der Waals surface area contributed by atoms with Crippen molar-refractivity contribution in [3.63, 3.8) is 0 Å². The third-order valence-electron chi connectivity index (χ3n) is 2.64. The van der Waals surface area contributed by atoms with Gasteiger partial charge >= 0.3 is 0 Å². The molecule has 0 amide bonds. The Bertz CT molecular complexity index is 560. The third-order valence-corrected chi connectivity index (χ3v) is 3.07. The van der Waals surface area contributed by atoms with Crippen molar-refractivity contribution in [2.24, 2.45) is 0 Å². The molecule has 1 aromatic heterocycles. The first kappa shape index (κ1) is 12.8. The second-order valence-corrected chi connectivity index (χ2v) is 4.27. The number of hydrogen-bond acceptors (Lipinski definition) is 4. The Morgan fingerprint density at radius 3 is 2.67 bits per heavy atom. The lowest BCUT2D eigenvalue weighted by Crippen LogP contribution is -2.06. The van der Waals surface area contributed by atoms with Crippen LogP contribution in [0.4, 0.5) is 0 Å². The number of aromatic nitrogens is 2. The van der Waals surface area contributed by atoms with Crippen LogP contribution in [-0.4, -0.2) is 22.2 Å². The van der Waals surface area contributed by atoms with Crippen LogP contribution in [0, 0.1) is 6.92 Å². The number of aliphatic hydroxyl groups is 1. The summed E-state index contributed by atoms with van der Waals surface area (Å²) in [6, 6.07) is 5.33. The zero-order valence-corrected chi connectivity index (χ0v) is 10.8. The molecule has 18 heavy (non-hydrogen) atoms. The Kier molecular flexibility index (Phi) is 3.79. The van der Waals surface area contributed by atoms with Crippen LogP contribution in [0.3, 0.4) is 0 Å². The Labute approximate surface area is 110 Å². The fourth-order valence-corrected chi connectivity index (χ4v) is 1.79. The summed E-state index contributed by atoms with van der Waals surface area (Å²) in [5.41, 5.74) is 1.99. The van der Waals surface area contributed by atoms with Crippen molar-refractivity contribution in [1.82, 2.24) is 9.97 Å². The summed E-state index contributed by atoms with van der Waals surface area (Å²) >= 11 is 5.96. The summed E-state index contributed by atoms with van der Waals surface area (Å²) in [6.45, 7) is 1.88. The number of benzene rings is 1. The minimum atomic E-state index is -0.885. The van der Waals surface area contributed by atoms with Crippen molar-refractivity contribution < 1.29 is 9.84 Å². The normalized spacial score (nSPS) is 12.2. The van der Waals surface area contributed by atoms with Gasteiger partial charge in [0.05, 0.1) is 7.11 Å². The van der Waals surface area contributed by atoms with E-state index < -0.39 is 6.10 Å². The third kappa shape index (κ3) is 2.44. The van der Waals surface area contributed by atoms with Gasteiger partial charge in [0.25, 0.3) is 0 Å². The SMILES string of the molecule is COc1nccnc1C(O)c1ccc(Cl)c(C)c1. The number of rotatable bonds is 3. The number of methoxy groups -OCH3 is 1. The van der Waals surface area contributed by atoms with Crippen molar-refractivity contribution in [2.45, 2.75) is 13.0 Å². The van der Waals surface area contributed by atoms with Gasteiger partial charge in [-0.3, -0.25) is 4.98 Å². The van der Waals surface area contributed by atoms with E-state index in [0.29, 0.717) is 22.2 Å². The van der Waals surface area contributed by atoms with Crippen molar-refractivity contribution in [1.29, 1.82) is 0 Å². The van der Waals surface area contributed by atoms with Gasteiger partial charge in [-0.1, -0.05) is 23.7 Å². The van der Waals surface area contributed by atoms with Crippen molar-refractivity contribution in [3.05, 3.63) is 52.4 Å². The first-order valence-electron chi connectivity index (χ1n) is 5.42. The molecule has 0 radical (unpaired) electrons. The number of aryl methyl sites for hydroxylation is 1. The molecule has 2 rings (SSSR count). The molecule has 0 aliphatic rings. The summed E-state index contributed by atoms with van der Waals surface area (Å²) < 4.78 is 5.08. The number of nitrogens with zero attached hydrogens (tertiary/aromatic N) is 2. The minimum absolute atomic E-state index is 0.317. The van der Waals surface area contributed by atoms with Crippen LogP contribution >= 0.6 is 11.6 Å². The Morgan fingerprint density at radius 1 is 1.28 bits per heavy atom. The molecule has 2 aromatic rings. The molecule has 0 aliphatic carbocycles. The van der Waals surface area contributed by atoms with Crippen LogP contribution in [0.2, 0.25) is 5.02 Å². The van der Waals surface area contributed by atoms with Crippen LogP contribution < -0.4 is 4.74 Å². The van der Waals surface area contributed by atoms with E-state index in [2.05, 4.69) is 9.97 Å². The molecular weight excluding hydrogens is 252 g/mol. The van der Waals surface area contributed by atoms with Crippen LogP contribution in [0.1, 0.15) is 22.9 Å². The number of halogens is 1. The van der Waals surface area contributed by atoms with Gasteiger partial charge in [0.1, 0.15) is 11.8 Å². The minimum Gasteiger partial charge on any atom is -0.480 e. The zero-order chi connectivity index (χ0) is 13.1. The highest BCUT2D eigenvalue weighted by atomic mass is 35.5. The molecule has 0 saturated heterocycles. The predicted molar refractivity (Wildman–Crippen MR) is 68.8 cm³/mol. The van der Waals surface area contributed by atoms with Crippen molar-refractivity contribution in [3.8, 4) is 5.88 Å². The van der Waals surface area contributed by atoms with Gasteiger partial charge in [-0.05, 0) is 24.1 Å². The summed E-state index contributed by atoms with van der Waals surface area (Å²) in [5, 5.41) is 11.0. The van der Waals surface area contributed by atoms with E-state index in [9.17, 15) is 5.11 Å². The molecule has 4 nitrogen and oxygen atoms in total. The molecule has 0 saturated carbocycles. The molecule has 5 heteroatoms. The van der Waals surface area contributed by atoms with Crippen LogP contribution in [0.25, 0.3) is 0 Å². The van der Waals surface area contributed by atoms with Gasteiger partial charge < -0.3 is 9.84 Å². The number of ether oxygens (including phenoxy) is 1. The van der Waals surface area contributed by atoms with Gasteiger partial charge in [0, 0.05) is 17.4 Å². The van der Waals surface area contributed by atoms with Crippen LogP contribution in [-0.2, 0) is 0 Å². The second kappa shape index (κ2) is 5.33. The first-order valence-corrected chi connectivity index (χ1v) is 5.80. The van der Waals surface area contributed by atoms with E-state index in [1.165, 1.54) is 19.5 Å². The molecule has 0 aliphatic heterocycles. The topological polar surface area (TPSA) is 55.2 Å². The summed E-state index contributed by atoms with van der Waals surface area (Å²) in [7, 11) is 1.49. The van der Waals surface area contributed by atoms with Gasteiger partial charge in [-0.25, -0.2) is 4.98 Å². The Morgan fingerprint density at radius 2 is 2.00 bits per heavy atom. The average Bonchev–Trinajstić information content (AvgIpc) is 2.41. The highest BCUT2D eigenvalue weighted by Crippen LogP contribution is 2.28. The van der Waals surface area contributed by atoms with Crippen molar-refractivity contribution >= 4 is 11.6 Å².